The van der Waals surface area contributed by atoms with Crippen molar-refractivity contribution < 1.29 is 43.8 Å². The molecule has 13 N–H and O–H groups in total. The van der Waals surface area contributed by atoms with Crippen molar-refractivity contribution in [2.24, 2.45) is 22.9 Å². The molecule has 0 rings (SSSR count). The third-order valence-corrected chi connectivity index (χ3v) is 4.46. The third-order valence-electron chi connectivity index (χ3n) is 4.46. The Morgan fingerprint density at radius 3 is 1.32 bits per heavy atom. The van der Waals surface area contributed by atoms with Crippen LogP contribution in [0.3, 0.4) is 0 Å². The van der Waals surface area contributed by atoms with Gasteiger partial charge in [0.05, 0.1) is 12.6 Å². The van der Waals surface area contributed by atoms with Crippen molar-refractivity contribution in [3.05, 3.63) is 0 Å². The highest BCUT2D eigenvalue weighted by Gasteiger charge is 2.30. The second-order valence-corrected chi connectivity index (χ2v) is 7.33. The van der Waals surface area contributed by atoms with Crippen LogP contribution < -0.4 is 38.9 Å². The van der Waals surface area contributed by atoms with Crippen molar-refractivity contribution in [2.45, 2.75) is 62.7 Å². The second-order valence-electron chi connectivity index (χ2n) is 7.33. The highest BCUT2D eigenvalue weighted by Crippen LogP contribution is 2.04. The summed E-state index contributed by atoms with van der Waals surface area (Å²) in [6.45, 7) is -0.946. The number of aliphatic hydroxyl groups is 1. The summed E-state index contributed by atoms with van der Waals surface area (Å²) in [7, 11) is 0. The van der Waals surface area contributed by atoms with Gasteiger partial charge in [-0.3, -0.25) is 28.8 Å². The zero-order valence-electron chi connectivity index (χ0n) is 18.3. The van der Waals surface area contributed by atoms with Crippen molar-refractivity contribution in [3.63, 3.8) is 0 Å². The first-order chi connectivity index (χ1) is 15.8. The standard InChI is InChI=1S/C18H31N7O9/c19-8(1-4-12(20)27)15(30)23-9(2-5-13(21)28)16(31)24-10(3-6-14(22)29)17(32)25-11(7-26)18(33)34/h8-11,26H,1-7,19H2,(H2,20,27)(H2,21,28)(H2,22,29)(H,23,30)(H,24,31)(H,25,32)(H,33,34). The molecule has 0 fully saturated rings. The van der Waals surface area contributed by atoms with Gasteiger partial charge in [-0.25, -0.2) is 4.79 Å². The van der Waals surface area contributed by atoms with Crippen molar-refractivity contribution in [2.75, 3.05) is 6.61 Å². The molecule has 0 heterocycles. The van der Waals surface area contributed by atoms with Crippen LogP contribution in [-0.2, 0) is 33.6 Å². The lowest BCUT2D eigenvalue weighted by Gasteiger charge is -2.24. The molecule has 6 amide bonds. The van der Waals surface area contributed by atoms with Gasteiger partial charge >= 0.3 is 5.97 Å². The molecule has 0 spiro atoms. The average Bonchev–Trinajstić information content (AvgIpc) is 2.74. The third kappa shape index (κ3) is 12.3. The number of aliphatic hydroxyl groups excluding tert-OH is 1. The summed E-state index contributed by atoms with van der Waals surface area (Å²) in [4.78, 5) is 81.7. The van der Waals surface area contributed by atoms with Gasteiger partial charge < -0.3 is 49.1 Å². The van der Waals surface area contributed by atoms with Crippen LogP contribution in [0.1, 0.15) is 38.5 Å². The molecule has 4 unspecified atom stereocenters. The van der Waals surface area contributed by atoms with E-state index in [1.165, 1.54) is 0 Å². The van der Waals surface area contributed by atoms with E-state index < -0.39 is 72.2 Å². The zero-order valence-corrected chi connectivity index (χ0v) is 18.3. The van der Waals surface area contributed by atoms with E-state index in [1.807, 2.05) is 5.32 Å². The Hall–Kier alpha value is -3.79. The molecule has 0 aliphatic rings. The van der Waals surface area contributed by atoms with Crippen LogP contribution in [0, 0.1) is 0 Å². The molecule has 16 nitrogen and oxygen atoms in total. The summed E-state index contributed by atoms with van der Waals surface area (Å²) in [5, 5.41) is 24.6. The number of nitrogens with two attached hydrogens (primary N) is 4. The summed E-state index contributed by atoms with van der Waals surface area (Å²) < 4.78 is 0. The fraction of sp³-hybridized carbons (Fsp3) is 0.611. The Labute approximate surface area is 194 Å². The van der Waals surface area contributed by atoms with Crippen LogP contribution in [-0.4, -0.2) is 82.4 Å². The summed E-state index contributed by atoms with van der Waals surface area (Å²) in [5.41, 5.74) is 20.8. The summed E-state index contributed by atoms with van der Waals surface area (Å²) in [5.74, 6) is -6.73. The molecule has 0 radical (unpaired) electrons. The normalized spacial score (nSPS) is 14.1. The SMILES string of the molecule is NC(=O)CCC(N)C(=O)NC(CCC(N)=O)C(=O)NC(CCC(N)=O)C(=O)NC(CO)C(=O)O. The molecule has 0 aromatic heterocycles. The quantitative estimate of drug-likeness (QED) is 0.0933. The number of rotatable bonds is 17. The zero-order chi connectivity index (χ0) is 26.4. The summed E-state index contributed by atoms with van der Waals surface area (Å²) >= 11 is 0. The minimum Gasteiger partial charge on any atom is -0.480 e. The monoisotopic (exact) mass is 489 g/mol. The number of carboxylic acids is 1. The predicted molar refractivity (Wildman–Crippen MR) is 114 cm³/mol. The van der Waals surface area contributed by atoms with Gasteiger partial charge in [0.15, 0.2) is 0 Å². The van der Waals surface area contributed by atoms with Gasteiger partial charge in [0.1, 0.15) is 18.1 Å². The van der Waals surface area contributed by atoms with Crippen LogP contribution in [0.5, 0.6) is 0 Å². The molecule has 4 atom stereocenters. The number of nitrogens with one attached hydrogen (secondary N) is 3. The molecule has 0 saturated carbocycles. The van der Waals surface area contributed by atoms with E-state index >= 15 is 0 Å². The van der Waals surface area contributed by atoms with Crippen LogP contribution in [0.2, 0.25) is 0 Å². The number of amides is 6. The Morgan fingerprint density at radius 2 is 0.971 bits per heavy atom. The molecule has 0 aliphatic heterocycles. The molecule has 0 bridgehead atoms. The lowest BCUT2D eigenvalue weighted by Crippen LogP contribution is -2.57. The van der Waals surface area contributed by atoms with Crippen molar-refractivity contribution in [1.29, 1.82) is 0 Å². The van der Waals surface area contributed by atoms with Gasteiger partial charge in [-0.1, -0.05) is 0 Å². The minimum atomic E-state index is -1.69. The fourth-order valence-corrected chi connectivity index (χ4v) is 2.55. The van der Waals surface area contributed by atoms with Gasteiger partial charge in [-0.05, 0) is 19.3 Å². The van der Waals surface area contributed by atoms with Gasteiger partial charge in [-0.2, -0.15) is 0 Å². The van der Waals surface area contributed by atoms with Gasteiger partial charge in [0.25, 0.3) is 0 Å². The molecule has 0 aliphatic carbocycles. The summed E-state index contributed by atoms with van der Waals surface area (Å²) in [6.07, 6.45) is -1.64. The molecular weight excluding hydrogens is 458 g/mol. The van der Waals surface area contributed by atoms with E-state index in [-0.39, 0.29) is 38.5 Å². The average molecular weight is 489 g/mol. The Bertz CT molecular complexity index is 790. The highest BCUT2D eigenvalue weighted by atomic mass is 16.4. The van der Waals surface area contributed by atoms with E-state index in [1.54, 1.807) is 0 Å². The number of hydrogen-bond acceptors (Lipinski definition) is 9. The number of carboxylic acid groups (broad SMARTS) is 1. The Balaban J connectivity index is 5.52. The molecule has 16 heteroatoms. The number of primary amides is 3. The molecule has 0 saturated heterocycles. The lowest BCUT2D eigenvalue weighted by atomic mass is 10.1. The fourth-order valence-electron chi connectivity index (χ4n) is 2.55. The highest BCUT2D eigenvalue weighted by molar-refractivity contribution is 5.94. The Morgan fingerprint density at radius 1 is 0.618 bits per heavy atom. The number of aliphatic carboxylic acids is 1. The van der Waals surface area contributed by atoms with Crippen molar-refractivity contribution >= 4 is 41.4 Å². The molecule has 0 aromatic carbocycles. The van der Waals surface area contributed by atoms with Crippen LogP contribution >= 0.6 is 0 Å². The lowest BCUT2D eigenvalue weighted by molar-refractivity contribution is -0.143. The summed E-state index contributed by atoms with van der Waals surface area (Å²) in [6, 6.07) is -5.79. The van der Waals surface area contributed by atoms with Crippen LogP contribution in [0.15, 0.2) is 0 Å². The first-order valence-corrected chi connectivity index (χ1v) is 10.1. The van der Waals surface area contributed by atoms with Crippen LogP contribution in [0.4, 0.5) is 0 Å². The van der Waals surface area contributed by atoms with E-state index in [2.05, 4.69) is 10.6 Å². The maximum atomic E-state index is 12.8. The van der Waals surface area contributed by atoms with Gasteiger partial charge in [0.2, 0.25) is 35.4 Å². The van der Waals surface area contributed by atoms with E-state index in [0.29, 0.717) is 0 Å². The maximum absolute atomic E-state index is 12.8. The number of carbonyl (C=O) groups excluding carboxylic acids is 6. The van der Waals surface area contributed by atoms with Crippen LogP contribution in [0.25, 0.3) is 0 Å². The molecular formula is C18H31N7O9. The second kappa shape index (κ2) is 15.1. The molecule has 34 heavy (non-hydrogen) atoms. The van der Waals surface area contributed by atoms with E-state index in [9.17, 15) is 33.6 Å². The number of hydrogen-bond donors (Lipinski definition) is 9. The van der Waals surface area contributed by atoms with Crippen molar-refractivity contribution in [3.8, 4) is 0 Å². The molecule has 0 aromatic rings. The maximum Gasteiger partial charge on any atom is 0.328 e. The first kappa shape index (κ1) is 30.2. The Kier molecular flexibility index (Phi) is 13.4. The van der Waals surface area contributed by atoms with E-state index in [4.69, 9.17) is 33.1 Å². The molecule has 192 valence electrons. The van der Waals surface area contributed by atoms with E-state index in [0.717, 1.165) is 0 Å². The smallest absolute Gasteiger partial charge is 0.328 e. The first-order valence-electron chi connectivity index (χ1n) is 10.1. The topological polar surface area (TPSA) is 300 Å². The largest absolute Gasteiger partial charge is 0.480 e. The minimum absolute atomic E-state index is 0.118. The number of carbonyl (C=O) groups is 7. The van der Waals surface area contributed by atoms with Crippen molar-refractivity contribution in [1.82, 2.24) is 16.0 Å². The predicted octanol–water partition coefficient (Wildman–Crippen LogP) is -5.36. The van der Waals surface area contributed by atoms with Gasteiger partial charge in [-0.15, -0.1) is 0 Å². The van der Waals surface area contributed by atoms with Gasteiger partial charge in [0, 0.05) is 19.3 Å².